The first-order valence-corrected chi connectivity index (χ1v) is 16.2. The first-order valence-electron chi connectivity index (χ1n) is 15.1. The molecule has 0 fully saturated rings. The van der Waals surface area contributed by atoms with Gasteiger partial charge in [0, 0.05) is 39.6 Å². The number of nitrogen functional groups attached to an aromatic ring is 1. The molecule has 0 atom stereocenters. The van der Waals surface area contributed by atoms with Crippen LogP contribution in [-0.4, -0.2) is 60.7 Å². The van der Waals surface area contributed by atoms with Gasteiger partial charge in [-0.15, -0.1) is 0 Å². The molecule has 4 aromatic rings. The fourth-order valence-corrected chi connectivity index (χ4v) is 5.36. The van der Waals surface area contributed by atoms with Gasteiger partial charge in [-0.3, -0.25) is 19.1 Å². The average Bonchev–Trinajstić information content (AvgIpc) is 3.37. The molecule has 46 heavy (non-hydrogen) atoms. The van der Waals surface area contributed by atoms with Gasteiger partial charge in [-0.1, -0.05) is 25.4 Å². The summed E-state index contributed by atoms with van der Waals surface area (Å²) in [4.78, 5) is 37.8. The minimum absolute atomic E-state index is 0.0654. The Morgan fingerprint density at radius 2 is 1.57 bits per heavy atom. The summed E-state index contributed by atoms with van der Waals surface area (Å²) in [7, 11) is 1.63. The maximum absolute atomic E-state index is 12.7. The van der Waals surface area contributed by atoms with Crippen LogP contribution in [0.3, 0.4) is 0 Å². The molecule has 11 heteroatoms. The summed E-state index contributed by atoms with van der Waals surface area (Å²) in [6.45, 7) is 10.6. The third-order valence-corrected chi connectivity index (χ3v) is 8.21. The topological polar surface area (TPSA) is 113 Å². The van der Waals surface area contributed by atoms with E-state index in [1.165, 1.54) is 6.92 Å². The molecule has 0 saturated carbocycles. The second kappa shape index (κ2) is 17.7. The van der Waals surface area contributed by atoms with Gasteiger partial charge in [0.1, 0.15) is 5.75 Å². The number of aryl methyl sites for hydroxylation is 1. The molecule has 0 saturated heterocycles. The SMILES string of the molecule is CCN(CC)Cc1cc(C(=O)OCCCCOC(C)=O)cc(Br)c1N.COc1ccc2c(c1)cc(C)n2C(=O)c1ccc(Cl)cc1. The van der Waals surface area contributed by atoms with Crippen molar-refractivity contribution < 1.29 is 28.6 Å². The van der Waals surface area contributed by atoms with Crippen molar-refractivity contribution in [2.24, 2.45) is 0 Å². The predicted molar refractivity (Wildman–Crippen MR) is 186 cm³/mol. The summed E-state index contributed by atoms with van der Waals surface area (Å²) in [5, 5.41) is 1.60. The number of nitrogens with zero attached hydrogens (tertiary/aromatic N) is 2. The number of carbonyl (C=O) groups excluding carboxylic acids is 3. The van der Waals surface area contributed by atoms with E-state index in [4.69, 9.17) is 31.5 Å². The molecule has 4 rings (SSSR count). The van der Waals surface area contributed by atoms with Crippen LogP contribution >= 0.6 is 27.5 Å². The first kappa shape index (κ1) is 36.6. The molecule has 246 valence electrons. The monoisotopic (exact) mass is 713 g/mol. The predicted octanol–water partition coefficient (Wildman–Crippen LogP) is 7.67. The lowest BCUT2D eigenvalue weighted by molar-refractivity contribution is -0.141. The second-order valence-corrected chi connectivity index (χ2v) is 11.8. The van der Waals surface area contributed by atoms with Gasteiger partial charge < -0.3 is 19.9 Å². The van der Waals surface area contributed by atoms with E-state index >= 15 is 0 Å². The van der Waals surface area contributed by atoms with Gasteiger partial charge in [-0.25, -0.2) is 4.79 Å². The van der Waals surface area contributed by atoms with Gasteiger partial charge in [0.2, 0.25) is 0 Å². The van der Waals surface area contributed by atoms with Crippen molar-refractivity contribution in [3.8, 4) is 5.75 Å². The number of aromatic nitrogens is 1. The van der Waals surface area contributed by atoms with Crippen LogP contribution in [0.25, 0.3) is 10.9 Å². The van der Waals surface area contributed by atoms with Gasteiger partial charge in [-0.2, -0.15) is 0 Å². The number of ether oxygens (including phenoxy) is 3. The van der Waals surface area contributed by atoms with Crippen molar-refractivity contribution in [3.63, 3.8) is 0 Å². The van der Waals surface area contributed by atoms with E-state index in [1.807, 2.05) is 31.2 Å². The Kier molecular flexibility index (Phi) is 14.1. The van der Waals surface area contributed by atoms with E-state index in [0.29, 0.717) is 52.3 Å². The van der Waals surface area contributed by atoms with E-state index < -0.39 is 0 Å². The highest BCUT2D eigenvalue weighted by Gasteiger charge is 2.16. The molecule has 3 aromatic carbocycles. The molecule has 9 nitrogen and oxygen atoms in total. The van der Waals surface area contributed by atoms with E-state index in [0.717, 1.165) is 41.0 Å². The van der Waals surface area contributed by atoms with E-state index in [2.05, 4.69) is 34.7 Å². The first-order chi connectivity index (χ1) is 22.0. The Bertz CT molecular complexity index is 1650. The summed E-state index contributed by atoms with van der Waals surface area (Å²) in [5.74, 6) is 0.0290. The van der Waals surface area contributed by atoms with Crippen LogP contribution in [0.1, 0.15) is 65.6 Å². The van der Waals surface area contributed by atoms with Crippen LogP contribution in [-0.2, 0) is 20.8 Å². The molecule has 1 heterocycles. The standard InChI is InChI=1S/C18H27BrN2O4.C17H14ClNO2/c1-4-21(5-2)12-15-10-14(11-16(19)17(15)20)18(23)25-9-7-6-8-24-13(3)22;1-11-9-13-10-15(21-2)7-8-16(13)19(11)17(20)12-3-5-14(18)6-4-12/h10-11H,4-9,12,20H2,1-3H3;3-10H,1-2H3. The number of rotatable bonds is 12. The minimum Gasteiger partial charge on any atom is -0.497 e. The second-order valence-electron chi connectivity index (χ2n) is 10.5. The summed E-state index contributed by atoms with van der Waals surface area (Å²) >= 11 is 9.28. The molecule has 0 spiro atoms. The molecular weight excluding hydrogens is 674 g/mol. The van der Waals surface area contributed by atoms with Crippen LogP contribution in [0, 0.1) is 6.92 Å². The quantitative estimate of drug-likeness (QED) is 0.0904. The normalized spacial score (nSPS) is 10.8. The van der Waals surface area contributed by atoms with Gasteiger partial charge in [0.15, 0.2) is 0 Å². The molecule has 2 N–H and O–H groups in total. The van der Waals surface area contributed by atoms with Crippen LogP contribution in [0.5, 0.6) is 5.75 Å². The third-order valence-electron chi connectivity index (χ3n) is 7.30. The number of halogens is 2. The van der Waals surface area contributed by atoms with Crippen LogP contribution in [0.4, 0.5) is 5.69 Å². The van der Waals surface area contributed by atoms with Gasteiger partial charge >= 0.3 is 11.9 Å². The Morgan fingerprint density at radius 1 is 0.913 bits per heavy atom. The highest BCUT2D eigenvalue weighted by Crippen LogP contribution is 2.28. The number of anilines is 1. The number of hydrogen-bond donors (Lipinski definition) is 1. The lowest BCUT2D eigenvalue weighted by Gasteiger charge is -2.20. The Hall–Kier alpha value is -3.86. The van der Waals surface area contributed by atoms with Gasteiger partial charge in [-0.05, 0) is 115 Å². The zero-order valence-electron chi connectivity index (χ0n) is 26.9. The van der Waals surface area contributed by atoms with Crippen molar-refractivity contribution in [2.75, 3.05) is 39.1 Å². The molecule has 0 amide bonds. The van der Waals surface area contributed by atoms with Crippen LogP contribution < -0.4 is 10.5 Å². The van der Waals surface area contributed by atoms with Crippen LogP contribution in [0.15, 0.2) is 65.1 Å². The number of hydrogen-bond acceptors (Lipinski definition) is 8. The van der Waals surface area contributed by atoms with Gasteiger partial charge in [0.25, 0.3) is 5.91 Å². The zero-order valence-corrected chi connectivity index (χ0v) is 29.2. The van der Waals surface area contributed by atoms with E-state index in [1.54, 1.807) is 48.1 Å². The van der Waals surface area contributed by atoms with Crippen molar-refractivity contribution >= 4 is 62.0 Å². The van der Waals surface area contributed by atoms with Crippen molar-refractivity contribution in [2.45, 2.75) is 47.1 Å². The summed E-state index contributed by atoms with van der Waals surface area (Å²) < 4.78 is 17.7. The zero-order chi connectivity index (χ0) is 33.8. The molecule has 0 unspecified atom stereocenters. The lowest BCUT2D eigenvalue weighted by atomic mass is 10.1. The number of fused-ring (bicyclic) bond motifs is 1. The van der Waals surface area contributed by atoms with Crippen molar-refractivity contribution in [3.05, 3.63) is 92.5 Å². The van der Waals surface area contributed by atoms with Crippen molar-refractivity contribution in [1.29, 1.82) is 0 Å². The molecule has 0 aliphatic rings. The number of nitrogens with two attached hydrogens (primary N) is 1. The highest BCUT2D eigenvalue weighted by molar-refractivity contribution is 9.10. The summed E-state index contributed by atoms with van der Waals surface area (Å²) in [6, 6.07) is 18.0. The fourth-order valence-electron chi connectivity index (χ4n) is 4.73. The molecule has 0 bridgehead atoms. The Balaban J connectivity index is 0.000000253. The number of methoxy groups -OCH3 is 1. The van der Waals surface area contributed by atoms with E-state index in [9.17, 15) is 14.4 Å². The lowest BCUT2D eigenvalue weighted by Crippen LogP contribution is -2.23. The number of esters is 2. The Labute approximate surface area is 283 Å². The summed E-state index contributed by atoms with van der Waals surface area (Å²) in [5.41, 5.74) is 10.5. The largest absolute Gasteiger partial charge is 0.497 e. The molecule has 1 aromatic heterocycles. The van der Waals surface area contributed by atoms with Crippen LogP contribution in [0.2, 0.25) is 5.02 Å². The molecule has 0 aliphatic carbocycles. The number of carbonyl (C=O) groups is 3. The molecule has 0 aliphatic heterocycles. The highest BCUT2D eigenvalue weighted by atomic mass is 79.9. The fraction of sp³-hybridized carbons (Fsp3) is 0.343. The molecule has 0 radical (unpaired) electrons. The third kappa shape index (κ3) is 10.1. The van der Waals surface area contributed by atoms with E-state index in [-0.39, 0.29) is 24.5 Å². The Morgan fingerprint density at radius 3 is 2.17 bits per heavy atom. The van der Waals surface area contributed by atoms with Crippen molar-refractivity contribution in [1.82, 2.24) is 9.47 Å². The summed E-state index contributed by atoms with van der Waals surface area (Å²) in [6.07, 6.45) is 1.30. The molecular formula is C35H41BrClN3O6. The number of unbranched alkanes of at least 4 members (excludes halogenated alkanes) is 1. The minimum atomic E-state index is -0.381. The smallest absolute Gasteiger partial charge is 0.338 e. The number of benzene rings is 3. The maximum Gasteiger partial charge on any atom is 0.338 e. The van der Waals surface area contributed by atoms with Gasteiger partial charge in [0.05, 0.1) is 37.1 Å². The average molecular weight is 715 g/mol. The maximum atomic E-state index is 12.7.